The molecule has 0 radical (unpaired) electrons. The molecule has 20 heavy (non-hydrogen) atoms. The second-order valence-electron chi connectivity index (χ2n) is 6.01. The lowest BCUT2D eigenvalue weighted by Crippen LogP contribution is -2.50. The number of nitrogens with zero attached hydrogens (tertiary/aromatic N) is 2. The van der Waals surface area contributed by atoms with Crippen molar-refractivity contribution in [2.45, 2.75) is 45.4 Å². The summed E-state index contributed by atoms with van der Waals surface area (Å²) in [5.74, 6) is 0.0283. The molecule has 0 bridgehead atoms. The van der Waals surface area contributed by atoms with Crippen LogP contribution in [0.15, 0.2) is 0 Å². The fourth-order valence-corrected chi connectivity index (χ4v) is 2.88. The summed E-state index contributed by atoms with van der Waals surface area (Å²) in [6.45, 7) is 3.02. The van der Waals surface area contributed by atoms with E-state index in [0.29, 0.717) is 13.1 Å². The smallest absolute Gasteiger partial charge is 0.241 e. The zero-order chi connectivity index (χ0) is 15.2. The Morgan fingerprint density at radius 2 is 1.65 bits per heavy atom. The Labute approximate surface area is 122 Å². The van der Waals surface area contributed by atoms with Gasteiger partial charge in [-0.15, -0.1) is 0 Å². The fourth-order valence-electron chi connectivity index (χ4n) is 2.88. The molecule has 0 aromatic rings. The molecule has 1 fully saturated rings. The van der Waals surface area contributed by atoms with E-state index in [-0.39, 0.29) is 18.4 Å². The molecule has 2 amide bonds. The van der Waals surface area contributed by atoms with Gasteiger partial charge in [0.1, 0.15) is 0 Å². The minimum Gasteiger partial charge on any atom is -0.347 e. The third kappa shape index (κ3) is 3.95. The third-order valence-corrected chi connectivity index (χ3v) is 4.40. The van der Waals surface area contributed by atoms with Gasteiger partial charge in [0.2, 0.25) is 11.8 Å². The van der Waals surface area contributed by atoms with Crippen LogP contribution in [-0.4, -0.2) is 55.3 Å². The molecule has 0 atom stereocenters. The van der Waals surface area contributed by atoms with E-state index in [2.05, 4.69) is 0 Å². The van der Waals surface area contributed by atoms with Crippen LogP contribution in [0.4, 0.5) is 0 Å². The van der Waals surface area contributed by atoms with Gasteiger partial charge in [0.25, 0.3) is 0 Å². The van der Waals surface area contributed by atoms with E-state index in [1.54, 1.807) is 19.0 Å². The predicted octanol–water partition coefficient (Wildman–Crippen LogP) is 1.22. The van der Waals surface area contributed by atoms with Crippen molar-refractivity contribution in [1.29, 1.82) is 0 Å². The molecule has 5 heteroatoms. The second-order valence-corrected chi connectivity index (χ2v) is 6.01. The number of rotatable bonds is 5. The Hall–Kier alpha value is -1.10. The standard InChI is InChI=1S/C15H29N3O2/c1-4-18(11-13(19)17(2)3)14(20)15(12-16)9-7-5-6-8-10-15/h4-12,16H2,1-3H3. The van der Waals surface area contributed by atoms with Crippen molar-refractivity contribution in [2.75, 3.05) is 33.7 Å². The number of likely N-dealkylation sites (N-methyl/N-ethyl adjacent to an activating group) is 2. The van der Waals surface area contributed by atoms with E-state index in [1.165, 1.54) is 17.7 Å². The van der Waals surface area contributed by atoms with Gasteiger partial charge < -0.3 is 15.5 Å². The summed E-state index contributed by atoms with van der Waals surface area (Å²) in [6.07, 6.45) is 6.18. The van der Waals surface area contributed by atoms with Crippen LogP contribution in [0.3, 0.4) is 0 Å². The van der Waals surface area contributed by atoms with Gasteiger partial charge in [-0.05, 0) is 19.8 Å². The first-order valence-corrected chi connectivity index (χ1v) is 7.66. The van der Waals surface area contributed by atoms with Gasteiger partial charge in [-0.25, -0.2) is 0 Å². The van der Waals surface area contributed by atoms with Crippen LogP contribution >= 0.6 is 0 Å². The normalized spacial score (nSPS) is 18.2. The molecule has 1 saturated carbocycles. The highest BCUT2D eigenvalue weighted by molar-refractivity contribution is 5.88. The van der Waals surface area contributed by atoms with Gasteiger partial charge in [-0.3, -0.25) is 9.59 Å². The van der Waals surface area contributed by atoms with Crippen LogP contribution in [0.25, 0.3) is 0 Å². The van der Waals surface area contributed by atoms with Crippen LogP contribution in [-0.2, 0) is 9.59 Å². The minimum absolute atomic E-state index is 0.0407. The summed E-state index contributed by atoms with van der Waals surface area (Å²) in [6, 6.07) is 0. The number of carbonyl (C=O) groups excluding carboxylic acids is 2. The van der Waals surface area contributed by atoms with Crippen molar-refractivity contribution in [3.05, 3.63) is 0 Å². The van der Waals surface area contributed by atoms with E-state index in [1.807, 2.05) is 6.92 Å². The molecule has 5 nitrogen and oxygen atoms in total. The van der Waals surface area contributed by atoms with E-state index in [9.17, 15) is 9.59 Å². The summed E-state index contributed by atoms with van der Waals surface area (Å²) in [5.41, 5.74) is 5.50. The maximum atomic E-state index is 12.9. The molecule has 0 spiro atoms. The Kier molecular flexibility index (Phi) is 6.46. The molecular weight excluding hydrogens is 254 g/mol. The molecule has 1 aliphatic rings. The molecule has 0 aromatic heterocycles. The number of hydrogen-bond acceptors (Lipinski definition) is 3. The van der Waals surface area contributed by atoms with Gasteiger partial charge in [0.15, 0.2) is 0 Å². The maximum absolute atomic E-state index is 12.9. The van der Waals surface area contributed by atoms with Gasteiger partial charge in [-0.1, -0.05) is 25.7 Å². The topological polar surface area (TPSA) is 66.6 Å². The maximum Gasteiger partial charge on any atom is 0.241 e. The summed E-state index contributed by atoms with van der Waals surface area (Å²) >= 11 is 0. The van der Waals surface area contributed by atoms with Gasteiger partial charge in [0, 0.05) is 27.2 Å². The second kappa shape index (κ2) is 7.62. The van der Waals surface area contributed by atoms with Crippen molar-refractivity contribution in [2.24, 2.45) is 11.1 Å². The predicted molar refractivity (Wildman–Crippen MR) is 80.1 cm³/mol. The lowest BCUT2D eigenvalue weighted by atomic mass is 9.79. The highest BCUT2D eigenvalue weighted by Crippen LogP contribution is 2.36. The molecule has 2 N–H and O–H groups in total. The first-order valence-electron chi connectivity index (χ1n) is 7.66. The first kappa shape index (κ1) is 17.0. The summed E-state index contributed by atoms with van der Waals surface area (Å²) in [7, 11) is 3.43. The zero-order valence-electron chi connectivity index (χ0n) is 13.2. The van der Waals surface area contributed by atoms with E-state index in [4.69, 9.17) is 5.73 Å². The first-order chi connectivity index (χ1) is 9.46. The van der Waals surface area contributed by atoms with E-state index in [0.717, 1.165) is 25.7 Å². The Morgan fingerprint density at radius 1 is 1.10 bits per heavy atom. The Bertz CT molecular complexity index is 334. The molecule has 0 saturated heterocycles. The monoisotopic (exact) mass is 283 g/mol. The van der Waals surface area contributed by atoms with Gasteiger partial charge in [0.05, 0.1) is 12.0 Å². The van der Waals surface area contributed by atoms with Crippen molar-refractivity contribution in [3.63, 3.8) is 0 Å². The number of carbonyl (C=O) groups is 2. The third-order valence-electron chi connectivity index (χ3n) is 4.40. The highest BCUT2D eigenvalue weighted by Gasteiger charge is 2.40. The van der Waals surface area contributed by atoms with E-state index < -0.39 is 5.41 Å². The van der Waals surface area contributed by atoms with Crippen molar-refractivity contribution >= 4 is 11.8 Å². The van der Waals surface area contributed by atoms with Gasteiger partial charge >= 0.3 is 0 Å². The van der Waals surface area contributed by atoms with Crippen LogP contribution in [0.2, 0.25) is 0 Å². The van der Waals surface area contributed by atoms with Crippen LogP contribution in [0, 0.1) is 5.41 Å². The average molecular weight is 283 g/mol. The number of hydrogen-bond donors (Lipinski definition) is 1. The lowest BCUT2D eigenvalue weighted by molar-refractivity contribution is -0.146. The molecule has 0 aliphatic heterocycles. The van der Waals surface area contributed by atoms with Crippen LogP contribution < -0.4 is 5.73 Å². The molecule has 1 aliphatic carbocycles. The average Bonchev–Trinajstić information content (AvgIpc) is 2.69. The van der Waals surface area contributed by atoms with Crippen LogP contribution in [0.5, 0.6) is 0 Å². The fraction of sp³-hybridized carbons (Fsp3) is 0.867. The SMILES string of the molecule is CCN(CC(=O)N(C)C)C(=O)C1(CN)CCCCCC1. The highest BCUT2D eigenvalue weighted by atomic mass is 16.2. The van der Waals surface area contributed by atoms with Crippen molar-refractivity contribution in [3.8, 4) is 0 Å². The molecule has 0 heterocycles. The lowest BCUT2D eigenvalue weighted by Gasteiger charge is -2.35. The minimum atomic E-state index is -0.445. The van der Waals surface area contributed by atoms with Crippen LogP contribution in [0.1, 0.15) is 45.4 Å². The summed E-state index contributed by atoms with van der Waals surface area (Å²) in [4.78, 5) is 27.9. The Morgan fingerprint density at radius 3 is 2.05 bits per heavy atom. The van der Waals surface area contributed by atoms with Crippen molar-refractivity contribution < 1.29 is 9.59 Å². The van der Waals surface area contributed by atoms with E-state index >= 15 is 0 Å². The zero-order valence-corrected chi connectivity index (χ0v) is 13.2. The summed E-state index contributed by atoms with van der Waals surface area (Å²) in [5, 5.41) is 0. The molecule has 0 aromatic carbocycles. The van der Waals surface area contributed by atoms with Gasteiger partial charge in [-0.2, -0.15) is 0 Å². The molecule has 116 valence electrons. The van der Waals surface area contributed by atoms with Crippen molar-refractivity contribution in [1.82, 2.24) is 9.80 Å². The molecular formula is C15H29N3O2. The number of nitrogens with two attached hydrogens (primary N) is 1. The summed E-state index contributed by atoms with van der Waals surface area (Å²) < 4.78 is 0. The molecule has 0 unspecified atom stereocenters. The molecule has 1 rings (SSSR count). The Balaban J connectivity index is 2.83. The number of amides is 2. The largest absolute Gasteiger partial charge is 0.347 e. The quantitative estimate of drug-likeness (QED) is 0.772.